The second kappa shape index (κ2) is 7.30. The van der Waals surface area contributed by atoms with Gasteiger partial charge in [0.05, 0.1) is 23.7 Å². The fourth-order valence-electron chi connectivity index (χ4n) is 3.98. The summed E-state index contributed by atoms with van der Waals surface area (Å²) < 4.78 is 7.61. The van der Waals surface area contributed by atoms with Crippen LogP contribution in [0.15, 0.2) is 36.9 Å². The van der Waals surface area contributed by atoms with E-state index in [2.05, 4.69) is 16.7 Å². The van der Waals surface area contributed by atoms with Crippen LogP contribution in [0.1, 0.15) is 34.6 Å². The Bertz CT molecular complexity index is 1110. The van der Waals surface area contributed by atoms with Crippen LogP contribution in [0.3, 0.4) is 0 Å². The fourth-order valence-corrected chi connectivity index (χ4v) is 3.98. The molecule has 1 amide bonds. The van der Waals surface area contributed by atoms with E-state index >= 15 is 0 Å². The third kappa shape index (κ3) is 3.28. The number of hydrogen-bond acceptors (Lipinski definition) is 5. The molecule has 8 heteroatoms. The maximum Gasteiger partial charge on any atom is 0.254 e. The number of fused-ring (bicyclic) bond motifs is 3. The molecule has 2 aliphatic rings. The summed E-state index contributed by atoms with van der Waals surface area (Å²) >= 11 is 0. The van der Waals surface area contributed by atoms with Gasteiger partial charge in [-0.15, -0.1) is 0 Å². The number of nitrogens with zero attached hydrogens (tertiary/aromatic N) is 3. The van der Waals surface area contributed by atoms with E-state index in [0.29, 0.717) is 42.3 Å². The first-order valence-electron chi connectivity index (χ1n) is 10.2. The number of ether oxygens (including phenoxy) is 1. The number of rotatable bonds is 7. The Kier molecular flexibility index (Phi) is 4.60. The summed E-state index contributed by atoms with van der Waals surface area (Å²) in [6.07, 6.45) is 3.94. The van der Waals surface area contributed by atoms with E-state index in [9.17, 15) is 9.90 Å². The van der Waals surface area contributed by atoms with Crippen molar-refractivity contribution < 1.29 is 14.6 Å². The van der Waals surface area contributed by atoms with Gasteiger partial charge < -0.3 is 15.6 Å². The second-order valence-electron chi connectivity index (χ2n) is 8.04. The van der Waals surface area contributed by atoms with E-state index in [4.69, 9.17) is 10.5 Å². The fraction of sp³-hybridized carbons (Fsp3) is 0.364. The first kappa shape index (κ1) is 18.9. The van der Waals surface area contributed by atoms with Gasteiger partial charge in [0.1, 0.15) is 17.5 Å². The minimum atomic E-state index is -0.725. The number of hydrogen-bond donors (Lipinski definition) is 3. The first-order chi connectivity index (χ1) is 14.5. The van der Waals surface area contributed by atoms with Crippen molar-refractivity contribution in [3.8, 4) is 17.0 Å². The van der Waals surface area contributed by atoms with Crippen LogP contribution in [-0.4, -0.2) is 49.9 Å². The predicted octanol–water partition coefficient (Wildman–Crippen LogP) is 2.08. The number of carbonyl (C=O) groups is 1. The standard InChI is InChI=1S/C22H25N5O3/c1-2-18(28)26-10-9-16-17(11-26)27-22(24-16)19(21(23)29)20(25-27)14-5-7-15(8-6-14)30-12-13-3-4-13/h2,5-8,13,18,25,28H,1,3-4,9-12H2,(H2,23,29). The van der Waals surface area contributed by atoms with Gasteiger partial charge in [0.2, 0.25) is 0 Å². The number of H-pyrrole nitrogens is 1. The Morgan fingerprint density at radius 2 is 2.17 bits per heavy atom. The topological polar surface area (TPSA) is 109 Å². The molecule has 156 valence electrons. The SMILES string of the molecule is C=CC(O)N1CCc2nc3c(C(N)=O)c(-c4ccc(OCC5CC5)cc4)[nH]n3c2C1. The van der Waals surface area contributed by atoms with Crippen molar-refractivity contribution in [1.82, 2.24) is 19.5 Å². The highest BCUT2D eigenvalue weighted by Gasteiger charge is 2.29. The molecule has 1 atom stereocenters. The monoisotopic (exact) mass is 407 g/mol. The number of primary amides is 1. The molecule has 30 heavy (non-hydrogen) atoms. The molecule has 0 spiro atoms. The number of amides is 1. The quantitative estimate of drug-likeness (QED) is 0.520. The first-order valence-corrected chi connectivity index (χ1v) is 10.2. The molecule has 1 aliphatic carbocycles. The van der Waals surface area contributed by atoms with Crippen LogP contribution in [0.25, 0.3) is 16.9 Å². The average Bonchev–Trinajstić information content (AvgIpc) is 3.42. The zero-order valence-corrected chi connectivity index (χ0v) is 16.7. The normalized spacial score (nSPS) is 17.6. The lowest BCUT2D eigenvalue weighted by atomic mass is 10.1. The smallest absolute Gasteiger partial charge is 0.254 e. The minimum Gasteiger partial charge on any atom is -0.493 e. The van der Waals surface area contributed by atoms with Crippen molar-refractivity contribution in [1.29, 1.82) is 0 Å². The molecule has 0 saturated heterocycles. The van der Waals surface area contributed by atoms with E-state index in [1.165, 1.54) is 18.9 Å². The highest BCUT2D eigenvalue weighted by atomic mass is 16.5. The van der Waals surface area contributed by atoms with Gasteiger partial charge in [-0.1, -0.05) is 6.58 Å². The van der Waals surface area contributed by atoms with Crippen LogP contribution < -0.4 is 10.5 Å². The zero-order valence-electron chi connectivity index (χ0n) is 16.7. The largest absolute Gasteiger partial charge is 0.493 e. The predicted molar refractivity (Wildman–Crippen MR) is 112 cm³/mol. The molecule has 1 fully saturated rings. The van der Waals surface area contributed by atoms with Crippen LogP contribution >= 0.6 is 0 Å². The van der Waals surface area contributed by atoms with Crippen molar-refractivity contribution >= 4 is 11.6 Å². The van der Waals surface area contributed by atoms with Gasteiger partial charge in [-0.2, -0.15) is 0 Å². The van der Waals surface area contributed by atoms with Crippen LogP contribution in [0.4, 0.5) is 0 Å². The van der Waals surface area contributed by atoms with Gasteiger partial charge in [0.15, 0.2) is 5.65 Å². The van der Waals surface area contributed by atoms with E-state index in [-0.39, 0.29) is 0 Å². The Labute approximate surface area is 173 Å². The minimum absolute atomic E-state index is 0.367. The van der Waals surface area contributed by atoms with E-state index in [1.807, 2.05) is 33.7 Å². The molecule has 1 saturated carbocycles. The van der Waals surface area contributed by atoms with Crippen molar-refractivity contribution in [2.75, 3.05) is 13.2 Å². The Hall–Kier alpha value is -3.10. The number of benzene rings is 1. The summed E-state index contributed by atoms with van der Waals surface area (Å²) in [7, 11) is 0. The molecule has 0 bridgehead atoms. The average molecular weight is 407 g/mol. The van der Waals surface area contributed by atoms with E-state index < -0.39 is 12.1 Å². The number of nitrogens with one attached hydrogen (secondary N) is 1. The van der Waals surface area contributed by atoms with Crippen molar-refractivity contribution in [3.63, 3.8) is 0 Å². The Balaban J connectivity index is 1.51. The van der Waals surface area contributed by atoms with Gasteiger partial charge in [0.25, 0.3) is 5.91 Å². The van der Waals surface area contributed by atoms with E-state index in [1.54, 1.807) is 0 Å². The van der Waals surface area contributed by atoms with Crippen molar-refractivity contribution in [3.05, 3.63) is 53.9 Å². The molecule has 4 N–H and O–H groups in total. The van der Waals surface area contributed by atoms with Crippen LogP contribution in [0.5, 0.6) is 5.75 Å². The van der Waals surface area contributed by atoms with Gasteiger partial charge in [-0.3, -0.25) is 14.8 Å². The van der Waals surface area contributed by atoms with Gasteiger partial charge in [0, 0.05) is 25.1 Å². The molecule has 0 radical (unpaired) electrons. The third-order valence-corrected chi connectivity index (χ3v) is 5.90. The number of imidazole rings is 1. The zero-order chi connectivity index (χ0) is 20.8. The Morgan fingerprint density at radius 1 is 1.40 bits per heavy atom. The highest BCUT2D eigenvalue weighted by Crippen LogP contribution is 2.32. The summed E-state index contributed by atoms with van der Waals surface area (Å²) in [6, 6.07) is 7.65. The number of aromatic amines is 1. The maximum absolute atomic E-state index is 12.3. The number of aliphatic hydroxyl groups is 1. The van der Waals surface area contributed by atoms with Crippen LogP contribution in [0, 0.1) is 5.92 Å². The van der Waals surface area contributed by atoms with Crippen LogP contribution in [0.2, 0.25) is 0 Å². The molecule has 3 aromatic rings. The molecule has 8 nitrogen and oxygen atoms in total. The molecule has 2 aromatic heterocycles. The molecule has 1 unspecified atom stereocenters. The lowest BCUT2D eigenvalue weighted by molar-refractivity contribution is 0.0301. The summed E-state index contributed by atoms with van der Waals surface area (Å²) in [6.45, 7) is 5.58. The molecule has 3 heterocycles. The molecule has 1 aromatic carbocycles. The summed E-state index contributed by atoms with van der Waals surface area (Å²) in [4.78, 5) is 18.9. The van der Waals surface area contributed by atoms with E-state index in [0.717, 1.165) is 29.3 Å². The van der Waals surface area contributed by atoms with Crippen molar-refractivity contribution in [2.24, 2.45) is 11.7 Å². The molecule has 5 rings (SSSR count). The molecular weight excluding hydrogens is 382 g/mol. The summed E-state index contributed by atoms with van der Waals surface area (Å²) in [5.41, 5.74) is 9.90. The van der Waals surface area contributed by atoms with Gasteiger partial charge >= 0.3 is 0 Å². The molecular formula is C22H25N5O3. The number of nitrogens with two attached hydrogens (primary N) is 1. The van der Waals surface area contributed by atoms with Crippen LogP contribution in [-0.2, 0) is 13.0 Å². The summed E-state index contributed by atoms with van der Waals surface area (Å²) in [5.74, 6) is 0.970. The van der Waals surface area contributed by atoms with Crippen molar-refractivity contribution in [2.45, 2.75) is 32.0 Å². The van der Waals surface area contributed by atoms with Gasteiger partial charge in [-0.25, -0.2) is 9.50 Å². The molecule has 1 aliphatic heterocycles. The number of aliphatic hydroxyl groups excluding tert-OH is 1. The van der Waals surface area contributed by atoms with Gasteiger partial charge in [-0.05, 0) is 49.1 Å². The number of carbonyl (C=O) groups excluding carboxylic acids is 1. The number of aromatic nitrogens is 3. The second-order valence-corrected chi connectivity index (χ2v) is 8.04. The summed E-state index contributed by atoms with van der Waals surface area (Å²) in [5, 5.41) is 13.4. The Morgan fingerprint density at radius 3 is 2.83 bits per heavy atom. The lowest BCUT2D eigenvalue weighted by Gasteiger charge is -2.28. The maximum atomic E-state index is 12.3. The third-order valence-electron chi connectivity index (χ3n) is 5.90. The lowest BCUT2D eigenvalue weighted by Crippen LogP contribution is -2.38. The highest BCUT2D eigenvalue weighted by molar-refractivity contribution is 6.04.